The van der Waals surface area contributed by atoms with Crippen LogP contribution in [0.2, 0.25) is 0 Å². The zero-order valence-corrected chi connectivity index (χ0v) is 8.41. The van der Waals surface area contributed by atoms with Gasteiger partial charge in [0, 0.05) is 19.2 Å². The van der Waals surface area contributed by atoms with Crippen LogP contribution in [0.3, 0.4) is 0 Å². The Morgan fingerprint density at radius 3 is 2.85 bits per heavy atom. The summed E-state index contributed by atoms with van der Waals surface area (Å²) in [5.74, 6) is 0.993. The predicted octanol–water partition coefficient (Wildman–Crippen LogP) is 1.63. The Morgan fingerprint density at radius 1 is 1.15 bits per heavy atom. The van der Waals surface area contributed by atoms with Crippen molar-refractivity contribution in [3.63, 3.8) is 0 Å². The number of hydrogen-bond donors (Lipinski definition) is 1. The van der Waals surface area contributed by atoms with Gasteiger partial charge in [-0.2, -0.15) is 0 Å². The van der Waals surface area contributed by atoms with Crippen LogP contribution in [0.5, 0.6) is 0 Å². The Hall–Kier alpha value is -0.0800. The fourth-order valence-electron chi connectivity index (χ4n) is 3.11. The number of fused-ring (bicyclic) bond motifs is 1. The number of likely N-dealkylation sites (tertiary alicyclic amines) is 1. The number of rotatable bonds is 3. The summed E-state index contributed by atoms with van der Waals surface area (Å²) in [6.45, 7) is 2.76. The maximum absolute atomic E-state index is 8.81. The van der Waals surface area contributed by atoms with E-state index in [2.05, 4.69) is 4.90 Å². The summed E-state index contributed by atoms with van der Waals surface area (Å²) in [5.41, 5.74) is 0. The van der Waals surface area contributed by atoms with Crippen molar-refractivity contribution in [3.8, 4) is 0 Å². The summed E-state index contributed by atoms with van der Waals surface area (Å²) >= 11 is 0. The van der Waals surface area contributed by atoms with Crippen LogP contribution in [0.4, 0.5) is 0 Å². The number of hydrogen-bond acceptors (Lipinski definition) is 2. The van der Waals surface area contributed by atoms with E-state index in [4.69, 9.17) is 5.11 Å². The Kier molecular flexibility index (Phi) is 3.23. The van der Waals surface area contributed by atoms with E-state index in [9.17, 15) is 0 Å². The fourth-order valence-corrected chi connectivity index (χ4v) is 3.11. The van der Waals surface area contributed by atoms with Gasteiger partial charge in [0.05, 0.1) is 0 Å². The maximum atomic E-state index is 8.81. The van der Waals surface area contributed by atoms with Crippen molar-refractivity contribution in [1.82, 2.24) is 4.90 Å². The van der Waals surface area contributed by atoms with E-state index in [0.29, 0.717) is 6.61 Å². The Bertz CT molecular complexity index is 160. The molecule has 1 N–H and O–H groups in total. The second-order valence-corrected chi connectivity index (χ2v) is 4.51. The highest BCUT2D eigenvalue weighted by Crippen LogP contribution is 2.36. The van der Waals surface area contributed by atoms with E-state index >= 15 is 0 Å². The molecule has 2 unspecified atom stereocenters. The molecule has 2 fully saturated rings. The molecule has 1 aliphatic carbocycles. The molecule has 2 rings (SSSR count). The lowest BCUT2D eigenvalue weighted by molar-refractivity contribution is 0.104. The lowest BCUT2D eigenvalue weighted by Gasteiger charge is -2.37. The van der Waals surface area contributed by atoms with Crippen molar-refractivity contribution in [2.45, 2.75) is 44.6 Å². The standard InChI is InChI=1S/C11H21NO/c13-9-3-8-12-7-2-5-10-4-1-6-11(10)12/h10-11,13H,1-9H2. The van der Waals surface area contributed by atoms with Gasteiger partial charge >= 0.3 is 0 Å². The molecule has 1 saturated carbocycles. The highest BCUT2D eigenvalue weighted by atomic mass is 16.3. The third kappa shape index (κ3) is 2.05. The van der Waals surface area contributed by atoms with Crippen LogP contribution in [0, 0.1) is 5.92 Å². The molecule has 0 amide bonds. The molecule has 76 valence electrons. The minimum absolute atomic E-state index is 0.355. The molecular weight excluding hydrogens is 162 g/mol. The second-order valence-electron chi connectivity index (χ2n) is 4.51. The van der Waals surface area contributed by atoms with Crippen molar-refractivity contribution in [1.29, 1.82) is 0 Å². The number of aliphatic hydroxyl groups excluding tert-OH is 1. The Balaban J connectivity index is 1.86. The molecule has 0 aromatic heterocycles. The van der Waals surface area contributed by atoms with Crippen molar-refractivity contribution >= 4 is 0 Å². The van der Waals surface area contributed by atoms with E-state index in [1.54, 1.807) is 0 Å². The molecule has 0 aromatic carbocycles. The van der Waals surface area contributed by atoms with E-state index in [1.165, 1.54) is 38.6 Å². The predicted molar refractivity (Wildman–Crippen MR) is 53.6 cm³/mol. The van der Waals surface area contributed by atoms with Gasteiger partial charge in [-0.05, 0) is 44.6 Å². The Labute approximate surface area is 80.9 Å². The van der Waals surface area contributed by atoms with Crippen molar-refractivity contribution in [2.75, 3.05) is 19.7 Å². The van der Waals surface area contributed by atoms with Gasteiger partial charge in [0.25, 0.3) is 0 Å². The highest BCUT2D eigenvalue weighted by Gasteiger charge is 2.34. The minimum atomic E-state index is 0.355. The number of aliphatic hydroxyl groups is 1. The van der Waals surface area contributed by atoms with Gasteiger partial charge in [-0.25, -0.2) is 0 Å². The molecule has 0 spiro atoms. The van der Waals surface area contributed by atoms with Crippen molar-refractivity contribution < 1.29 is 5.11 Å². The topological polar surface area (TPSA) is 23.5 Å². The van der Waals surface area contributed by atoms with Gasteiger partial charge in [0.15, 0.2) is 0 Å². The molecule has 2 nitrogen and oxygen atoms in total. The van der Waals surface area contributed by atoms with Crippen LogP contribution < -0.4 is 0 Å². The van der Waals surface area contributed by atoms with Crippen LogP contribution in [0.15, 0.2) is 0 Å². The second kappa shape index (κ2) is 4.43. The van der Waals surface area contributed by atoms with Gasteiger partial charge in [0.1, 0.15) is 0 Å². The Morgan fingerprint density at radius 2 is 2.00 bits per heavy atom. The van der Waals surface area contributed by atoms with Crippen LogP contribution in [-0.4, -0.2) is 35.7 Å². The number of piperidine rings is 1. The van der Waals surface area contributed by atoms with Crippen LogP contribution >= 0.6 is 0 Å². The van der Waals surface area contributed by atoms with Crippen molar-refractivity contribution in [3.05, 3.63) is 0 Å². The molecule has 1 saturated heterocycles. The van der Waals surface area contributed by atoms with Gasteiger partial charge in [-0.15, -0.1) is 0 Å². The molecular formula is C11H21NO. The molecule has 2 atom stereocenters. The quantitative estimate of drug-likeness (QED) is 0.719. The SMILES string of the molecule is OCCCN1CCCC2CCCC21. The smallest absolute Gasteiger partial charge is 0.0443 e. The number of nitrogens with zero attached hydrogens (tertiary/aromatic N) is 1. The molecule has 0 aromatic rings. The zero-order valence-electron chi connectivity index (χ0n) is 8.41. The molecule has 2 heteroatoms. The molecule has 1 heterocycles. The summed E-state index contributed by atoms with van der Waals surface area (Å²) in [6.07, 6.45) is 8.11. The molecule has 0 bridgehead atoms. The van der Waals surface area contributed by atoms with Gasteiger partial charge in [0.2, 0.25) is 0 Å². The fraction of sp³-hybridized carbons (Fsp3) is 1.00. The molecule has 1 aliphatic heterocycles. The summed E-state index contributed by atoms with van der Waals surface area (Å²) < 4.78 is 0. The zero-order chi connectivity index (χ0) is 9.10. The maximum Gasteiger partial charge on any atom is 0.0443 e. The van der Waals surface area contributed by atoms with E-state index in [-0.39, 0.29) is 0 Å². The summed E-state index contributed by atoms with van der Waals surface area (Å²) in [7, 11) is 0. The third-order valence-electron chi connectivity index (χ3n) is 3.71. The van der Waals surface area contributed by atoms with E-state index < -0.39 is 0 Å². The van der Waals surface area contributed by atoms with Gasteiger partial charge in [-0.1, -0.05) is 6.42 Å². The first-order valence-electron chi connectivity index (χ1n) is 5.76. The third-order valence-corrected chi connectivity index (χ3v) is 3.71. The first-order chi connectivity index (χ1) is 6.42. The van der Waals surface area contributed by atoms with Gasteiger partial charge in [-0.3, -0.25) is 0 Å². The van der Waals surface area contributed by atoms with E-state index in [1.807, 2.05) is 0 Å². The normalized spacial score (nSPS) is 34.8. The summed E-state index contributed by atoms with van der Waals surface area (Å²) in [5, 5.41) is 8.81. The van der Waals surface area contributed by atoms with Crippen LogP contribution in [0.25, 0.3) is 0 Å². The van der Waals surface area contributed by atoms with Crippen LogP contribution in [-0.2, 0) is 0 Å². The average molecular weight is 183 g/mol. The first-order valence-corrected chi connectivity index (χ1v) is 5.76. The lowest BCUT2D eigenvalue weighted by atomic mass is 9.92. The average Bonchev–Trinajstić information content (AvgIpc) is 2.62. The molecule has 13 heavy (non-hydrogen) atoms. The van der Waals surface area contributed by atoms with Crippen LogP contribution in [0.1, 0.15) is 38.5 Å². The summed E-state index contributed by atoms with van der Waals surface area (Å²) in [6, 6.07) is 0.875. The largest absolute Gasteiger partial charge is 0.396 e. The summed E-state index contributed by atoms with van der Waals surface area (Å²) in [4.78, 5) is 2.62. The minimum Gasteiger partial charge on any atom is -0.396 e. The van der Waals surface area contributed by atoms with Crippen molar-refractivity contribution in [2.24, 2.45) is 5.92 Å². The van der Waals surface area contributed by atoms with E-state index in [0.717, 1.165) is 24.9 Å². The molecule has 0 radical (unpaired) electrons. The van der Waals surface area contributed by atoms with Gasteiger partial charge < -0.3 is 10.0 Å². The molecule has 2 aliphatic rings. The highest BCUT2D eigenvalue weighted by molar-refractivity contribution is 4.88. The monoisotopic (exact) mass is 183 g/mol. The first kappa shape index (κ1) is 9.47. The lowest BCUT2D eigenvalue weighted by Crippen LogP contribution is -2.43.